The number of aliphatic imine (C=N–C) groups is 1. The van der Waals surface area contributed by atoms with Crippen molar-refractivity contribution in [2.45, 2.75) is 0 Å². The van der Waals surface area contributed by atoms with E-state index in [4.69, 9.17) is 11.6 Å². The summed E-state index contributed by atoms with van der Waals surface area (Å²) in [5.41, 5.74) is 1.79. The Labute approximate surface area is 119 Å². The molecule has 94 valence electrons. The van der Waals surface area contributed by atoms with Crippen LogP contribution in [0.4, 0.5) is 5.69 Å². The Balaban J connectivity index is 1.99. The van der Waals surface area contributed by atoms with E-state index in [0.29, 0.717) is 26.3 Å². The van der Waals surface area contributed by atoms with Crippen LogP contribution in [0.5, 0.6) is 0 Å². The average molecular weight is 337 g/mol. The first-order valence-electron chi connectivity index (χ1n) is 5.54. The van der Waals surface area contributed by atoms with Crippen molar-refractivity contribution in [3.8, 4) is 0 Å². The molecule has 0 radical (unpaired) electrons. The molecule has 0 aromatic heterocycles. The number of halogens is 1. The number of nitrogens with zero attached hydrogens (tertiary/aromatic N) is 1. The van der Waals surface area contributed by atoms with Crippen LogP contribution in [0.2, 0.25) is 5.02 Å². The predicted molar refractivity (Wildman–Crippen MR) is 75.6 cm³/mol. The third-order valence-electron chi connectivity index (χ3n) is 2.83. The zero-order chi connectivity index (χ0) is 13.4. The fourth-order valence-electron chi connectivity index (χ4n) is 1.85. The molecule has 0 spiro atoms. The van der Waals surface area contributed by atoms with Crippen molar-refractivity contribution >= 4 is 46.5 Å². The van der Waals surface area contributed by atoms with Crippen LogP contribution in [0.25, 0.3) is 0 Å². The SMILES string of the molecule is O=C(c1ccc(Cl)cc1)c1ccc2c(c1)[Se](=O)C=N2. The van der Waals surface area contributed by atoms with Gasteiger partial charge < -0.3 is 0 Å². The first kappa shape index (κ1) is 12.4. The molecule has 1 aliphatic rings. The molecule has 5 heteroatoms. The Morgan fingerprint density at radius 2 is 1.74 bits per heavy atom. The Bertz CT molecular complexity index is 723. The van der Waals surface area contributed by atoms with Crippen LogP contribution in [0.1, 0.15) is 15.9 Å². The summed E-state index contributed by atoms with van der Waals surface area (Å²) in [6, 6.07) is 11.8. The predicted octanol–water partition coefficient (Wildman–Crippen LogP) is 2.46. The number of fused-ring (bicyclic) bond motifs is 1. The van der Waals surface area contributed by atoms with Crippen molar-refractivity contribution in [1.82, 2.24) is 0 Å². The van der Waals surface area contributed by atoms with E-state index in [9.17, 15) is 8.63 Å². The molecule has 1 atom stereocenters. The van der Waals surface area contributed by atoms with E-state index < -0.39 is 13.8 Å². The van der Waals surface area contributed by atoms with Gasteiger partial charge in [-0.25, -0.2) is 0 Å². The topological polar surface area (TPSA) is 46.5 Å². The maximum atomic E-state index is 12.3. The third kappa shape index (κ3) is 2.30. The van der Waals surface area contributed by atoms with Crippen LogP contribution in [-0.4, -0.2) is 24.7 Å². The van der Waals surface area contributed by atoms with Crippen LogP contribution in [0.3, 0.4) is 0 Å². The van der Waals surface area contributed by atoms with E-state index in [2.05, 4.69) is 4.99 Å². The molecule has 3 nitrogen and oxygen atoms in total. The van der Waals surface area contributed by atoms with Gasteiger partial charge in [-0.15, -0.1) is 0 Å². The number of rotatable bonds is 2. The summed E-state index contributed by atoms with van der Waals surface area (Å²) in [4.78, 5) is 16.3. The Hall–Kier alpha value is -1.61. The number of ketones is 1. The normalized spacial score (nSPS) is 16.4. The molecule has 0 N–H and O–H groups in total. The Morgan fingerprint density at radius 1 is 1.05 bits per heavy atom. The van der Waals surface area contributed by atoms with Crippen molar-refractivity contribution in [2.75, 3.05) is 0 Å². The maximum absolute atomic E-state index is 12.3. The van der Waals surface area contributed by atoms with Crippen molar-refractivity contribution in [3.63, 3.8) is 0 Å². The summed E-state index contributed by atoms with van der Waals surface area (Å²) < 4.78 is 12.4. The van der Waals surface area contributed by atoms with Gasteiger partial charge in [0.15, 0.2) is 0 Å². The van der Waals surface area contributed by atoms with E-state index in [-0.39, 0.29) is 5.78 Å². The summed E-state index contributed by atoms with van der Waals surface area (Å²) in [5, 5.41) is 2.06. The monoisotopic (exact) mass is 337 g/mol. The number of benzene rings is 2. The van der Waals surface area contributed by atoms with Crippen LogP contribution >= 0.6 is 11.6 Å². The van der Waals surface area contributed by atoms with Crippen molar-refractivity contribution in [2.24, 2.45) is 4.99 Å². The van der Waals surface area contributed by atoms with Crippen LogP contribution < -0.4 is 4.46 Å². The van der Waals surface area contributed by atoms with Crippen LogP contribution in [0.15, 0.2) is 47.5 Å². The van der Waals surface area contributed by atoms with E-state index in [1.54, 1.807) is 42.5 Å². The van der Waals surface area contributed by atoms with Gasteiger partial charge in [-0.1, -0.05) is 0 Å². The summed E-state index contributed by atoms with van der Waals surface area (Å²) in [6.45, 7) is 0. The zero-order valence-corrected chi connectivity index (χ0v) is 12.1. The molecule has 1 aliphatic heterocycles. The molecule has 0 saturated carbocycles. The molecule has 0 saturated heterocycles. The second-order valence-electron chi connectivity index (χ2n) is 4.05. The molecule has 19 heavy (non-hydrogen) atoms. The minimum atomic E-state index is -2.20. The second-order valence-corrected chi connectivity index (χ2v) is 7.10. The molecule has 0 bridgehead atoms. The number of hydrogen-bond donors (Lipinski definition) is 0. The van der Waals surface area contributed by atoms with Crippen molar-refractivity contribution in [3.05, 3.63) is 58.6 Å². The fraction of sp³-hybridized carbons (Fsp3) is 0. The van der Waals surface area contributed by atoms with Gasteiger partial charge in [-0.05, 0) is 0 Å². The molecule has 0 fully saturated rings. The first-order chi connectivity index (χ1) is 9.15. The van der Waals surface area contributed by atoms with Gasteiger partial charge in [0.1, 0.15) is 0 Å². The average Bonchev–Trinajstić information content (AvgIpc) is 2.80. The third-order valence-corrected chi connectivity index (χ3v) is 5.30. The van der Waals surface area contributed by atoms with Gasteiger partial charge in [0.05, 0.1) is 0 Å². The van der Waals surface area contributed by atoms with Gasteiger partial charge in [-0.3, -0.25) is 0 Å². The second kappa shape index (κ2) is 4.82. The molecule has 0 aliphatic carbocycles. The van der Waals surface area contributed by atoms with Gasteiger partial charge in [-0.2, -0.15) is 0 Å². The summed E-state index contributed by atoms with van der Waals surface area (Å²) in [5.74, 6) is -0.106. The number of carbonyl (C=O) groups is 1. The molecular weight excluding hydrogens is 329 g/mol. The van der Waals surface area contributed by atoms with Gasteiger partial charge >= 0.3 is 119 Å². The van der Waals surface area contributed by atoms with Crippen LogP contribution in [0, 0.1) is 0 Å². The molecule has 3 rings (SSSR count). The molecule has 2 aromatic rings. The fourth-order valence-corrected chi connectivity index (χ4v) is 3.85. The van der Waals surface area contributed by atoms with Crippen molar-refractivity contribution in [1.29, 1.82) is 0 Å². The minimum absolute atomic E-state index is 0.106. The van der Waals surface area contributed by atoms with Crippen LogP contribution in [-0.2, 0) is 3.83 Å². The van der Waals surface area contributed by atoms with Gasteiger partial charge in [0.2, 0.25) is 0 Å². The zero-order valence-electron chi connectivity index (χ0n) is 9.67. The van der Waals surface area contributed by atoms with Gasteiger partial charge in [0.25, 0.3) is 0 Å². The molecule has 2 aromatic carbocycles. The Kier molecular flexibility index (Phi) is 3.15. The standard InChI is InChI=1S/C14H8ClNO2Se/c15-11-4-1-9(2-5-11)14(17)10-3-6-12-13(7-10)19(18)8-16-12/h1-8H. The Morgan fingerprint density at radius 3 is 2.47 bits per heavy atom. The quantitative estimate of drug-likeness (QED) is 0.625. The van der Waals surface area contributed by atoms with E-state index in [1.165, 1.54) is 5.11 Å². The molecular formula is C14H8ClNO2Se. The summed E-state index contributed by atoms with van der Waals surface area (Å²) in [7, 11) is 0. The van der Waals surface area contributed by atoms with Gasteiger partial charge in [0, 0.05) is 0 Å². The van der Waals surface area contributed by atoms with E-state index in [1.807, 2.05) is 0 Å². The van der Waals surface area contributed by atoms with Crippen molar-refractivity contribution < 1.29 is 8.63 Å². The van der Waals surface area contributed by atoms with E-state index >= 15 is 0 Å². The molecule has 0 amide bonds. The molecule has 1 unspecified atom stereocenters. The summed E-state index contributed by atoms with van der Waals surface area (Å²) in [6.07, 6.45) is 0. The number of carbonyl (C=O) groups excluding carboxylic acids is 1. The van der Waals surface area contributed by atoms with E-state index in [0.717, 1.165) is 0 Å². The number of hydrogen-bond acceptors (Lipinski definition) is 3. The first-order valence-corrected chi connectivity index (χ1v) is 8.46. The summed E-state index contributed by atoms with van der Waals surface area (Å²) >= 11 is 3.60. The molecule has 1 heterocycles.